The van der Waals surface area contributed by atoms with E-state index in [9.17, 15) is 27.9 Å². The van der Waals surface area contributed by atoms with E-state index in [0.717, 1.165) is 5.56 Å². The highest BCUT2D eigenvalue weighted by Gasteiger charge is 2.45. The number of hydrogen-bond acceptors (Lipinski definition) is 8. The van der Waals surface area contributed by atoms with Gasteiger partial charge in [0.15, 0.2) is 6.10 Å². The third-order valence-corrected chi connectivity index (χ3v) is 7.67. The van der Waals surface area contributed by atoms with Crippen molar-refractivity contribution in [3.05, 3.63) is 41.2 Å². The number of carbonyl (C=O) groups is 3. The Hall–Kier alpha value is -3.33. The molecule has 1 aliphatic rings. The fourth-order valence-corrected chi connectivity index (χ4v) is 6.07. The lowest BCUT2D eigenvalue weighted by atomic mass is 10.0. The highest BCUT2D eigenvalue weighted by Crippen LogP contribution is 2.25. The summed E-state index contributed by atoms with van der Waals surface area (Å²) in [6, 6.07) is 3.36. The van der Waals surface area contributed by atoms with Crippen LogP contribution in [0.25, 0.3) is 0 Å². The molecule has 2 atom stereocenters. The molecule has 2 unspecified atom stereocenters. The first-order valence-corrected chi connectivity index (χ1v) is 13.3. The fraction of sp³-hybridized carbons (Fsp3) is 0.478. The van der Waals surface area contributed by atoms with E-state index in [2.05, 4.69) is 30.8 Å². The highest BCUT2D eigenvalue weighted by molar-refractivity contribution is 7.89. The molecule has 1 aromatic carbocycles. The number of amides is 2. The third-order valence-electron chi connectivity index (χ3n) is 5.87. The lowest BCUT2D eigenvalue weighted by molar-refractivity contribution is -0.151. The quantitative estimate of drug-likeness (QED) is 0.170. The van der Waals surface area contributed by atoms with Gasteiger partial charge in [0.05, 0.1) is 4.90 Å². The second kappa shape index (κ2) is 11.8. The van der Waals surface area contributed by atoms with Gasteiger partial charge < -0.3 is 15.4 Å². The minimum atomic E-state index is -4.39. The number of aryl methyl sites for hydroxylation is 3. The van der Waals surface area contributed by atoms with Crippen molar-refractivity contribution in [3.63, 3.8) is 0 Å². The Bertz CT molecular complexity index is 1220. The van der Waals surface area contributed by atoms with Crippen LogP contribution in [0.4, 0.5) is 5.95 Å². The van der Waals surface area contributed by atoms with Gasteiger partial charge >= 0.3 is 5.97 Å². The number of sulfonamides is 1. The van der Waals surface area contributed by atoms with Gasteiger partial charge in [-0.2, -0.15) is 4.72 Å². The van der Waals surface area contributed by atoms with Crippen LogP contribution < -0.4 is 20.8 Å². The van der Waals surface area contributed by atoms with Crippen molar-refractivity contribution in [1.29, 1.82) is 0 Å². The summed E-state index contributed by atoms with van der Waals surface area (Å²) in [5.74, 6) is -2.43. The van der Waals surface area contributed by atoms with E-state index >= 15 is 0 Å². The molecule has 14 heteroatoms. The number of nitrogens with zero attached hydrogens (tertiary/aromatic N) is 1. The van der Waals surface area contributed by atoms with Crippen molar-refractivity contribution in [1.82, 2.24) is 25.5 Å². The van der Waals surface area contributed by atoms with Crippen LogP contribution in [0.15, 0.2) is 29.4 Å². The lowest BCUT2D eigenvalue weighted by Gasteiger charge is -2.32. The molecule has 1 fully saturated rings. The number of carboxylic acids is 1. The van der Waals surface area contributed by atoms with E-state index in [0.29, 0.717) is 17.7 Å². The van der Waals surface area contributed by atoms with Crippen LogP contribution in [-0.2, 0) is 29.2 Å². The van der Waals surface area contributed by atoms with Crippen molar-refractivity contribution >= 4 is 33.8 Å². The SMILES string of the molecule is Cc1cc(C)c(S(=O)(=O)NC(CCCCC(=O)Nc2ncc[nH]2)(NC(=O)C2CCNO2)C(=O)O)c(C)c1. The zero-order valence-corrected chi connectivity index (χ0v) is 21.7. The summed E-state index contributed by atoms with van der Waals surface area (Å²) < 4.78 is 29.2. The molecule has 0 radical (unpaired) electrons. The molecule has 3 rings (SSSR count). The molecule has 2 amide bonds. The summed E-state index contributed by atoms with van der Waals surface area (Å²) in [6.45, 7) is 5.44. The average Bonchev–Trinajstić information content (AvgIpc) is 3.49. The predicted octanol–water partition coefficient (Wildman–Crippen LogP) is 1.00. The summed E-state index contributed by atoms with van der Waals surface area (Å²) in [6.07, 6.45) is 2.38. The molecule has 1 aliphatic heterocycles. The van der Waals surface area contributed by atoms with Gasteiger partial charge in [-0.3, -0.25) is 19.7 Å². The number of carbonyl (C=O) groups excluding carboxylic acids is 2. The van der Waals surface area contributed by atoms with Gasteiger partial charge in [0.2, 0.25) is 27.5 Å². The van der Waals surface area contributed by atoms with E-state index in [4.69, 9.17) is 4.84 Å². The minimum Gasteiger partial charge on any atom is -0.478 e. The zero-order chi connectivity index (χ0) is 27.2. The van der Waals surface area contributed by atoms with Crippen molar-refractivity contribution in [2.24, 2.45) is 0 Å². The number of rotatable bonds is 12. The topological polar surface area (TPSA) is 192 Å². The van der Waals surface area contributed by atoms with Gasteiger partial charge in [-0.1, -0.05) is 17.7 Å². The van der Waals surface area contributed by atoms with E-state index in [1.165, 1.54) is 6.20 Å². The van der Waals surface area contributed by atoms with Crippen LogP contribution >= 0.6 is 0 Å². The Balaban J connectivity index is 1.82. The minimum absolute atomic E-state index is 0.0307. The number of carboxylic acid groups (broad SMARTS) is 1. The van der Waals surface area contributed by atoms with Gasteiger partial charge in [-0.15, -0.1) is 0 Å². The first-order valence-electron chi connectivity index (χ1n) is 11.8. The smallest absolute Gasteiger partial charge is 0.345 e. The first kappa shape index (κ1) is 28.2. The van der Waals surface area contributed by atoms with Crippen molar-refractivity contribution in [3.8, 4) is 0 Å². The van der Waals surface area contributed by atoms with Crippen molar-refractivity contribution in [2.45, 2.75) is 69.5 Å². The Morgan fingerprint density at radius 3 is 2.46 bits per heavy atom. The van der Waals surface area contributed by atoms with E-state index in [1.807, 2.05) is 6.92 Å². The fourth-order valence-electron chi connectivity index (χ4n) is 4.30. The van der Waals surface area contributed by atoms with Crippen LogP contribution in [0.1, 0.15) is 48.8 Å². The number of aromatic nitrogens is 2. The largest absolute Gasteiger partial charge is 0.478 e. The first-order chi connectivity index (χ1) is 17.4. The molecule has 0 bridgehead atoms. The molecule has 0 spiro atoms. The van der Waals surface area contributed by atoms with Gasteiger partial charge in [0.25, 0.3) is 5.91 Å². The number of benzene rings is 1. The molecule has 2 heterocycles. The molecule has 1 saturated heterocycles. The molecule has 6 N–H and O–H groups in total. The van der Waals surface area contributed by atoms with Gasteiger partial charge in [0.1, 0.15) is 0 Å². The summed E-state index contributed by atoms with van der Waals surface area (Å²) in [7, 11) is -4.39. The maximum atomic E-state index is 13.5. The summed E-state index contributed by atoms with van der Waals surface area (Å²) >= 11 is 0. The lowest BCUT2D eigenvalue weighted by Crippen LogP contribution is -2.66. The second-order valence-corrected chi connectivity index (χ2v) is 10.6. The maximum absolute atomic E-state index is 13.5. The van der Waals surface area contributed by atoms with E-state index in [1.54, 1.807) is 32.2 Å². The van der Waals surface area contributed by atoms with Crippen molar-refractivity contribution < 1.29 is 32.7 Å². The summed E-state index contributed by atoms with van der Waals surface area (Å²) in [4.78, 5) is 49.2. The van der Waals surface area contributed by atoms with Gasteiger partial charge in [0, 0.05) is 25.4 Å². The third kappa shape index (κ3) is 7.13. The molecule has 2 aromatic rings. The number of imidazole rings is 1. The Kier molecular flexibility index (Phi) is 9.02. The van der Waals surface area contributed by atoms with Crippen LogP contribution in [-0.4, -0.2) is 59.6 Å². The van der Waals surface area contributed by atoms with Crippen LogP contribution in [0.3, 0.4) is 0 Å². The number of nitrogens with one attached hydrogen (secondary N) is 5. The molecule has 37 heavy (non-hydrogen) atoms. The molecule has 1 aromatic heterocycles. The summed E-state index contributed by atoms with van der Waals surface area (Å²) in [5.41, 5.74) is 1.90. The standard InChI is InChI=1S/C23H32N6O7S/c1-14-12-15(2)19(16(3)13-14)37(34,35)29-23(21(32)33,28-20(31)17-7-9-26-36-17)8-5-4-6-18(30)27-22-24-10-11-25-22/h10-13,17,26,29H,4-9H2,1-3H3,(H,28,31)(H,32,33)(H2,24,25,27,30). The predicted molar refractivity (Wildman–Crippen MR) is 133 cm³/mol. The molecular formula is C23H32N6O7S. The zero-order valence-electron chi connectivity index (χ0n) is 20.9. The van der Waals surface area contributed by atoms with Crippen molar-refractivity contribution in [2.75, 3.05) is 11.9 Å². The average molecular weight is 537 g/mol. The number of hydrogen-bond donors (Lipinski definition) is 6. The number of H-pyrrole nitrogens is 1. The van der Waals surface area contributed by atoms with E-state index in [-0.39, 0.29) is 48.9 Å². The van der Waals surface area contributed by atoms with Gasteiger partial charge in [-0.25, -0.2) is 23.7 Å². The molecule has 202 valence electrons. The van der Waals surface area contributed by atoms with Gasteiger partial charge in [-0.05, 0) is 57.6 Å². The van der Waals surface area contributed by atoms with Crippen LogP contribution in [0, 0.1) is 20.8 Å². The number of aromatic amines is 1. The maximum Gasteiger partial charge on any atom is 0.345 e. The van der Waals surface area contributed by atoms with Crippen LogP contribution in [0.2, 0.25) is 0 Å². The molecule has 0 saturated carbocycles. The molecular weight excluding hydrogens is 504 g/mol. The number of aliphatic carboxylic acids is 1. The van der Waals surface area contributed by atoms with E-state index < -0.39 is 33.7 Å². The highest BCUT2D eigenvalue weighted by atomic mass is 32.2. The Morgan fingerprint density at radius 2 is 1.89 bits per heavy atom. The normalized spacial score (nSPS) is 17.2. The Morgan fingerprint density at radius 1 is 1.19 bits per heavy atom. The monoisotopic (exact) mass is 536 g/mol. The molecule has 0 aliphatic carbocycles. The van der Waals surface area contributed by atoms with Crippen LogP contribution in [0.5, 0.6) is 0 Å². The molecule has 13 nitrogen and oxygen atoms in total. The summed E-state index contributed by atoms with van der Waals surface area (Å²) in [5, 5.41) is 15.1. The number of anilines is 1. The second-order valence-electron chi connectivity index (χ2n) is 9.02. The number of unbranched alkanes of at least 4 members (excludes halogenated alkanes) is 1. The Labute approximate surface area is 214 Å². The number of hydroxylamine groups is 1.